The lowest BCUT2D eigenvalue weighted by atomic mass is 10.0. The predicted octanol–water partition coefficient (Wildman–Crippen LogP) is 1.39. The van der Waals surface area contributed by atoms with E-state index in [1.165, 1.54) is 25.7 Å². The summed E-state index contributed by atoms with van der Waals surface area (Å²) in [7, 11) is 0. The molecule has 1 rings (SSSR count). The third-order valence-corrected chi connectivity index (χ3v) is 3.17. The number of hydrogen-bond donors (Lipinski definition) is 3. The highest BCUT2D eigenvalue weighted by atomic mass is 16.1. The van der Waals surface area contributed by atoms with Gasteiger partial charge in [0.05, 0.1) is 6.54 Å². The molecule has 5 heteroatoms. The summed E-state index contributed by atoms with van der Waals surface area (Å²) in [5, 5.41) is 5.98. The third kappa shape index (κ3) is 7.70. The third-order valence-electron chi connectivity index (χ3n) is 3.17. The van der Waals surface area contributed by atoms with Gasteiger partial charge in [0, 0.05) is 18.5 Å². The second-order valence-corrected chi connectivity index (χ2v) is 6.35. The van der Waals surface area contributed by atoms with Crippen molar-refractivity contribution in [2.45, 2.75) is 58.4 Å². The topological polar surface area (TPSA) is 79.5 Å². The van der Waals surface area contributed by atoms with Crippen LogP contribution in [0, 0.1) is 5.92 Å². The van der Waals surface area contributed by atoms with Crippen molar-refractivity contribution < 1.29 is 4.79 Å². The van der Waals surface area contributed by atoms with Crippen LogP contribution in [0.3, 0.4) is 0 Å². The van der Waals surface area contributed by atoms with Gasteiger partial charge in [-0.3, -0.25) is 9.79 Å². The molecule has 19 heavy (non-hydrogen) atoms. The number of carbonyl (C=O) groups is 1. The van der Waals surface area contributed by atoms with Gasteiger partial charge in [-0.15, -0.1) is 0 Å². The number of nitrogens with one attached hydrogen (secondary N) is 2. The molecule has 1 amide bonds. The van der Waals surface area contributed by atoms with Crippen molar-refractivity contribution in [1.82, 2.24) is 10.6 Å². The van der Waals surface area contributed by atoms with Crippen LogP contribution < -0.4 is 16.4 Å². The van der Waals surface area contributed by atoms with E-state index in [4.69, 9.17) is 5.73 Å². The molecule has 0 unspecified atom stereocenters. The zero-order valence-electron chi connectivity index (χ0n) is 12.5. The second-order valence-electron chi connectivity index (χ2n) is 6.35. The van der Waals surface area contributed by atoms with E-state index in [9.17, 15) is 4.79 Å². The molecule has 0 saturated heterocycles. The van der Waals surface area contributed by atoms with Gasteiger partial charge in [0.2, 0.25) is 5.91 Å². The quantitative estimate of drug-likeness (QED) is 0.400. The van der Waals surface area contributed by atoms with Gasteiger partial charge in [0.25, 0.3) is 0 Å². The van der Waals surface area contributed by atoms with Crippen LogP contribution in [0.25, 0.3) is 0 Å². The molecule has 0 aromatic heterocycles. The minimum Gasteiger partial charge on any atom is -0.370 e. The molecule has 0 aliphatic heterocycles. The highest BCUT2D eigenvalue weighted by molar-refractivity contribution is 5.78. The molecule has 1 aliphatic carbocycles. The van der Waals surface area contributed by atoms with Gasteiger partial charge in [0.15, 0.2) is 5.96 Å². The van der Waals surface area contributed by atoms with E-state index in [2.05, 4.69) is 15.6 Å². The van der Waals surface area contributed by atoms with E-state index >= 15 is 0 Å². The molecule has 5 nitrogen and oxygen atoms in total. The molecule has 0 heterocycles. The number of carbonyl (C=O) groups excluding carboxylic acids is 1. The maximum atomic E-state index is 11.7. The maximum absolute atomic E-state index is 11.7. The predicted molar refractivity (Wildman–Crippen MR) is 79.0 cm³/mol. The van der Waals surface area contributed by atoms with E-state index in [1.807, 2.05) is 20.8 Å². The van der Waals surface area contributed by atoms with E-state index in [1.54, 1.807) is 0 Å². The summed E-state index contributed by atoms with van der Waals surface area (Å²) < 4.78 is 0. The molecule has 0 spiro atoms. The monoisotopic (exact) mass is 268 g/mol. The fourth-order valence-corrected chi connectivity index (χ4v) is 2.34. The Morgan fingerprint density at radius 3 is 2.53 bits per heavy atom. The molecule has 0 bridgehead atoms. The highest BCUT2D eigenvalue weighted by Gasteiger charge is 2.17. The van der Waals surface area contributed by atoms with Gasteiger partial charge in [-0.2, -0.15) is 0 Å². The van der Waals surface area contributed by atoms with Crippen LogP contribution in [-0.2, 0) is 4.79 Å². The average Bonchev–Trinajstić information content (AvgIpc) is 2.74. The van der Waals surface area contributed by atoms with E-state index in [-0.39, 0.29) is 11.4 Å². The molecular formula is C14H28N4O. The van der Waals surface area contributed by atoms with Crippen molar-refractivity contribution in [1.29, 1.82) is 0 Å². The summed E-state index contributed by atoms with van der Waals surface area (Å²) in [4.78, 5) is 15.8. The summed E-state index contributed by atoms with van der Waals surface area (Å²) in [5.41, 5.74) is 5.65. The molecule has 0 atom stereocenters. The first-order valence-corrected chi connectivity index (χ1v) is 7.21. The Labute approximate surface area is 116 Å². The normalized spacial score (nSPS) is 17.5. The molecule has 0 radical (unpaired) electrons. The zero-order valence-corrected chi connectivity index (χ0v) is 12.5. The largest absolute Gasteiger partial charge is 0.370 e. The van der Waals surface area contributed by atoms with Crippen LogP contribution in [0.15, 0.2) is 4.99 Å². The standard InChI is InChI=1S/C14H28N4O/c1-14(2,3)18-13(15)17-9-8-16-12(19)10-11-6-4-5-7-11/h11H,4-10H2,1-3H3,(H,16,19)(H3,15,17,18). The first kappa shape index (κ1) is 15.8. The molecule has 1 saturated carbocycles. The minimum atomic E-state index is -0.0840. The average molecular weight is 268 g/mol. The Bertz CT molecular complexity index is 314. The Balaban J connectivity index is 2.12. The lowest BCUT2D eigenvalue weighted by Crippen LogP contribution is -2.45. The first-order valence-electron chi connectivity index (χ1n) is 7.21. The number of rotatable bonds is 5. The number of nitrogens with zero attached hydrogens (tertiary/aromatic N) is 1. The van der Waals surface area contributed by atoms with Gasteiger partial charge in [-0.1, -0.05) is 12.8 Å². The van der Waals surface area contributed by atoms with Crippen molar-refractivity contribution in [3.05, 3.63) is 0 Å². The van der Waals surface area contributed by atoms with Crippen molar-refractivity contribution in [3.63, 3.8) is 0 Å². The van der Waals surface area contributed by atoms with Gasteiger partial charge in [-0.25, -0.2) is 0 Å². The minimum absolute atomic E-state index is 0.0840. The zero-order chi connectivity index (χ0) is 14.3. The van der Waals surface area contributed by atoms with Crippen molar-refractivity contribution in [2.24, 2.45) is 16.6 Å². The number of hydrogen-bond acceptors (Lipinski definition) is 2. The Kier molecular flexibility index (Phi) is 6.12. The first-order chi connectivity index (χ1) is 8.87. The number of nitrogens with two attached hydrogens (primary N) is 1. The van der Waals surface area contributed by atoms with E-state index < -0.39 is 0 Å². The van der Waals surface area contributed by atoms with Crippen LogP contribution in [0.4, 0.5) is 0 Å². The maximum Gasteiger partial charge on any atom is 0.220 e. The molecule has 1 aliphatic rings. The summed E-state index contributed by atoms with van der Waals surface area (Å²) in [5.74, 6) is 1.16. The smallest absolute Gasteiger partial charge is 0.220 e. The molecule has 4 N–H and O–H groups in total. The van der Waals surface area contributed by atoms with Crippen LogP contribution >= 0.6 is 0 Å². The van der Waals surface area contributed by atoms with Crippen LogP contribution in [0.2, 0.25) is 0 Å². The van der Waals surface area contributed by atoms with Gasteiger partial charge in [0.1, 0.15) is 0 Å². The molecule has 110 valence electrons. The summed E-state index contributed by atoms with van der Waals surface area (Å²) in [6, 6.07) is 0. The van der Waals surface area contributed by atoms with Crippen molar-refractivity contribution in [2.75, 3.05) is 13.1 Å². The number of amides is 1. The highest BCUT2D eigenvalue weighted by Crippen LogP contribution is 2.27. The fourth-order valence-electron chi connectivity index (χ4n) is 2.34. The summed E-state index contributed by atoms with van der Waals surface area (Å²) in [6.07, 6.45) is 5.62. The molecular weight excluding hydrogens is 240 g/mol. The van der Waals surface area contributed by atoms with Crippen LogP contribution in [0.1, 0.15) is 52.9 Å². The van der Waals surface area contributed by atoms with Crippen LogP contribution in [-0.4, -0.2) is 30.5 Å². The molecule has 0 aromatic rings. The van der Waals surface area contributed by atoms with Gasteiger partial charge >= 0.3 is 0 Å². The Morgan fingerprint density at radius 2 is 1.95 bits per heavy atom. The van der Waals surface area contributed by atoms with Crippen molar-refractivity contribution in [3.8, 4) is 0 Å². The van der Waals surface area contributed by atoms with Gasteiger partial charge < -0.3 is 16.4 Å². The van der Waals surface area contributed by atoms with Crippen LogP contribution in [0.5, 0.6) is 0 Å². The molecule has 0 aromatic carbocycles. The molecule has 1 fully saturated rings. The number of guanidine groups is 1. The summed E-state index contributed by atoms with van der Waals surface area (Å²) in [6.45, 7) is 7.15. The lowest BCUT2D eigenvalue weighted by Gasteiger charge is -2.21. The fraction of sp³-hybridized carbons (Fsp3) is 0.857. The lowest BCUT2D eigenvalue weighted by molar-refractivity contribution is -0.121. The number of aliphatic imine (C=N–C) groups is 1. The Morgan fingerprint density at radius 1 is 1.32 bits per heavy atom. The second kappa shape index (κ2) is 7.36. The summed E-state index contributed by atoms with van der Waals surface area (Å²) >= 11 is 0. The van der Waals surface area contributed by atoms with Crippen molar-refractivity contribution >= 4 is 11.9 Å². The van der Waals surface area contributed by atoms with E-state index in [0.717, 1.165) is 0 Å². The Hall–Kier alpha value is -1.26. The van der Waals surface area contributed by atoms with Gasteiger partial charge in [-0.05, 0) is 39.5 Å². The van der Waals surface area contributed by atoms with E-state index in [0.29, 0.717) is 31.4 Å². The SMILES string of the molecule is CC(C)(C)NC(N)=NCCNC(=O)CC1CCCC1.